The fourth-order valence-corrected chi connectivity index (χ4v) is 3.78. The summed E-state index contributed by atoms with van der Waals surface area (Å²) in [5.74, 6) is 0.598. The Bertz CT molecular complexity index is 854. The summed E-state index contributed by atoms with van der Waals surface area (Å²) in [7, 11) is 0. The number of benzene rings is 1. The van der Waals surface area contributed by atoms with Gasteiger partial charge in [0.1, 0.15) is 10.6 Å². The molecule has 0 amide bonds. The number of unbranched alkanes of at least 4 members (excludes halogenated alkanes) is 5. The summed E-state index contributed by atoms with van der Waals surface area (Å²) >= 11 is 1.55. The van der Waals surface area contributed by atoms with Gasteiger partial charge in [0.05, 0.1) is 5.39 Å². The molecular weight excluding hydrogens is 334 g/mol. The van der Waals surface area contributed by atoms with Gasteiger partial charge in [-0.3, -0.25) is 0 Å². The van der Waals surface area contributed by atoms with Crippen LogP contribution < -0.4 is 10.4 Å². The average molecular weight is 357 g/mol. The molecule has 4 nitrogen and oxygen atoms in total. The van der Waals surface area contributed by atoms with Crippen LogP contribution in [0.15, 0.2) is 45.6 Å². The van der Waals surface area contributed by atoms with Crippen molar-refractivity contribution in [3.8, 4) is 11.8 Å². The minimum absolute atomic E-state index is 0.00309. The zero-order chi connectivity index (χ0) is 17.5. The molecule has 2 heterocycles. The van der Waals surface area contributed by atoms with Crippen molar-refractivity contribution in [1.82, 2.24) is 4.98 Å². The SMILES string of the molecule is CCCCCCCCc1cc2c(=O)oc(Oc3ccccc3)nc2s1. The van der Waals surface area contributed by atoms with Crippen LogP contribution in [0.5, 0.6) is 11.8 Å². The lowest BCUT2D eigenvalue weighted by molar-refractivity contribution is 0.307. The second-order valence-corrected chi connectivity index (χ2v) is 7.25. The smallest absolute Gasteiger partial charge is 0.403 e. The Kier molecular flexibility index (Phi) is 6.23. The van der Waals surface area contributed by atoms with Crippen molar-refractivity contribution in [3.05, 3.63) is 51.7 Å². The Morgan fingerprint density at radius 2 is 1.84 bits per heavy atom. The van der Waals surface area contributed by atoms with Crippen molar-refractivity contribution in [1.29, 1.82) is 0 Å². The molecule has 1 aromatic carbocycles. The van der Waals surface area contributed by atoms with Crippen molar-refractivity contribution in [2.75, 3.05) is 0 Å². The molecule has 25 heavy (non-hydrogen) atoms. The molecule has 2 aromatic heterocycles. The molecule has 5 heteroatoms. The van der Waals surface area contributed by atoms with Gasteiger partial charge >= 0.3 is 11.7 Å². The first-order valence-corrected chi connectivity index (χ1v) is 9.74. The molecule has 132 valence electrons. The zero-order valence-corrected chi connectivity index (χ0v) is 15.3. The molecule has 0 spiro atoms. The van der Waals surface area contributed by atoms with E-state index in [0.717, 1.165) is 12.8 Å². The summed E-state index contributed by atoms with van der Waals surface area (Å²) in [6, 6.07) is 11.1. The first kappa shape index (κ1) is 17.7. The van der Waals surface area contributed by atoms with E-state index in [0.29, 0.717) is 16.0 Å². The summed E-state index contributed by atoms with van der Waals surface area (Å²) in [5.41, 5.74) is -0.388. The highest BCUT2D eigenvalue weighted by Crippen LogP contribution is 2.26. The summed E-state index contributed by atoms with van der Waals surface area (Å²) in [4.78, 5) is 18.4. The lowest BCUT2D eigenvalue weighted by Crippen LogP contribution is -2.00. The third-order valence-electron chi connectivity index (χ3n) is 4.08. The van der Waals surface area contributed by atoms with Crippen molar-refractivity contribution in [3.63, 3.8) is 0 Å². The highest BCUT2D eigenvalue weighted by molar-refractivity contribution is 7.18. The third kappa shape index (κ3) is 4.92. The van der Waals surface area contributed by atoms with E-state index in [2.05, 4.69) is 11.9 Å². The minimum atomic E-state index is -0.388. The molecule has 0 aliphatic heterocycles. The monoisotopic (exact) mass is 357 g/mol. The third-order valence-corrected chi connectivity index (χ3v) is 5.17. The van der Waals surface area contributed by atoms with Gasteiger partial charge in [-0.1, -0.05) is 57.2 Å². The quantitative estimate of drug-likeness (QED) is 0.444. The first-order chi connectivity index (χ1) is 12.3. The Labute approximate surface area is 151 Å². The van der Waals surface area contributed by atoms with Gasteiger partial charge < -0.3 is 9.15 Å². The molecule has 0 radical (unpaired) electrons. The van der Waals surface area contributed by atoms with E-state index in [-0.39, 0.29) is 11.7 Å². The van der Waals surface area contributed by atoms with Gasteiger partial charge in [0.2, 0.25) is 0 Å². The summed E-state index contributed by atoms with van der Waals surface area (Å²) in [6.07, 6.45) is 8.55. The molecule has 0 N–H and O–H groups in total. The lowest BCUT2D eigenvalue weighted by atomic mass is 10.1. The number of fused-ring (bicyclic) bond motifs is 1. The van der Waals surface area contributed by atoms with Crippen LogP contribution in [0.1, 0.15) is 50.3 Å². The van der Waals surface area contributed by atoms with E-state index in [4.69, 9.17) is 9.15 Å². The van der Waals surface area contributed by atoms with E-state index >= 15 is 0 Å². The maximum absolute atomic E-state index is 12.2. The molecule has 3 aromatic rings. The topological polar surface area (TPSA) is 52.3 Å². The van der Waals surface area contributed by atoms with Crippen LogP contribution in [0.4, 0.5) is 0 Å². The number of aryl methyl sites for hydroxylation is 1. The number of para-hydroxylation sites is 1. The molecule has 0 unspecified atom stereocenters. The van der Waals surface area contributed by atoms with Crippen LogP contribution in [0.25, 0.3) is 10.2 Å². The number of hydrogen-bond donors (Lipinski definition) is 0. The molecule has 0 atom stereocenters. The van der Waals surface area contributed by atoms with Gasteiger partial charge in [0, 0.05) is 4.88 Å². The van der Waals surface area contributed by atoms with Crippen molar-refractivity contribution >= 4 is 21.6 Å². The number of aromatic nitrogens is 1. The Balaban J connectivity index is 1.66. The second kappa shape index (κ2) is 8.81. The molecule has 0 saturated carbocycles. The Morgan fingerprint density at radius 1 is 1.08 bits per heavy atom. The van der Waals surface area contributed by atoms with Crippen molar-refractivity contribution in [2.24, 2.45) is 0 Å². The first-order valence-electron chi connectivity index (χ1n) is 8.92. The van der Waals surface area contributed by atoms with Crippen LogP contribution in [0.2, 0.25) is 0 Å². The van der Waals surface area contributed by atoms with Gasteiger partial charge in [-0.15, -0.1) is 11.3 Å². The number of ether oxygens (including phenoxy) is 1. The number of rotatable bonds is 9. The average Bonchev–Trinajstić information content (AvgIpc) is 3.02. The summed E-state index contributed by atoms with van der Waals surface area (Å²) in [5, 5.41) is 0.548. The largest absolute Gasteiger partial charge is 0.411 e. The highest BCUT2D eigenvalue weighted by Gasteiger charge is 2.12. The number of hydrogen-bond acceptors (Lipinski definition) is 5. The standard InChI is InChI=1S/C20H23NO3S/c1-2-3-4-5-6-10-13-16-14-17-18(25-16)21-20(24-19(17)22)23-15-11-8-7-9-12-15/h7-9,11-12,14H,2-6,10,13H2,1H3. The zero-order valence-electron chi connectivity index (χ0n) is 14.5. The molecule has 0 saturated heterocycles. The molecule has 0 aliphatic rings. The number of nitrogens with zero attached hydrogens (tertiary/aromatic N) is 1. The van der Waals surface area contributed by atoms with E-state index in [1.54, 1.807) is 23.5 Å². The van der Waals surface area contributed by atoms with Gasteiger partial charge in [0.25, 0.3) is 0 Å². The van der Waals surface area contributed by atoms with Crippen LogP contribution >= 0.6 is 11.3 Å². The molecular formula is C20H23NO3S. The number of thiophene rings is 1. The van der Waals surface area contributed by atoms with Crippen LogP contribution in [-0.4, -0.2) is 4.98 Å². The maximum atomic E-state index is 12.2. The fraction of sp³-hybridized carbons (Fsp3) is 0.400. The van der Waals surface area contributed by atoms with Gasteiger partial charge in [-0.05, 0) is 31.0 Å². The van der Waals surface area contributed by atoms with Gasteiger partial charge in [0.15, 0.2) is 0 Å². The fourth-order valence-electron chi connectivity index (χ4n) is 2.74. The Hall–Kier alpha value is -2.14. The van der Waals surface area contributed by atoms with Crippen molar-refractivity contribution in [2.45, 2.75) is 51.9 Å². The maximum Gasteiger partial charge on any atom is 0.403 e. The molecule has 0 bridgehead atoms. The van der Waals surface area contributed by atoms with E-state index in [1.807, 2.05) is 24.3 Å². The molecule has 0 fully saturated rings. The van der Waals surface area contributed by atoms with E-state index in [9.17, 15) is 4.79 Å². The second-order valence-electron chi connectivity index (χ2n) is 6.13. The van der Waals surface area contributed by atoms with Crippen LogP contribution in [0, 0.1) is 0 Å². The highest BCUT2D eigenvalue weighted by atomic mass is 32.1. The minimum Gasteiger partial charge on any atom is -0.411 e. The van der Waals surface area contributed by atoms with Crippen LogP contribution in [0.3, 0.4) is 0 Å². The van der Waals surface area contributed by atoms with Gasteiger partial charge in [-0.2, -0.15) is 4.98 Å². The Morgan fingerprint density at radius 3 is 2.64 bits per heavy atom. The molecule has 0 aliphatic carbocycles. The van der Waals surface area contributed by atoms with E-state index < -0.39 is 0 Å². The normalized spacial score (nSPS) is 11.1. The lowest BCUT2D eigenvalue weighted by Gasteiger charge is -2.01. The summed E-state index contributed by atoms with van der Waals surface area (Å²) < 4.78 is 10.7. The predicted molar refractivity (Wildman–Crippen MR) is 102 cm³/mol. The summed E-state index contributed by atoms with van der Waals surface area (Å²) in [6.45, 7) is 2.23. The van der Waals surface area contributed by atoms with Crippen LogP contribution in [-0.2, 0) is 6.42 Å². The van der Waals surface area contributed by atoms with E-state index in [1.165, 1.54) is 37.0 Å². The predicted octanol–water partition coefficient (Wildman–Crippen LogP) is 5.94. The van der Waals surface area contributed by atoms with Gasteiger partial charge in [-0.25, -0.2) is 4.79 Å². The van der Waals surface area contributed by atoms with Crippen molar-refractivity contribution < 1.29 is 9.15 Å². The molecule has 3 rings (SSSR count).